The number of nitro benzene ring substituents is 1. The highest BCUT2D eigenvalue weighted by atomic mass is 35.5. The number of nitro groups is 1. The van der Waals surface area contributed by atoms with Crippen molar-refractivity contribution in [1.29, 1.82) is 0 Å². The predicted octanol–water partition coefficient (Wildman–Crippen LogP) is 4.45. The Bertz CT molecular complexity index is 646. The van der Waals surface area contributed by atoms with Crippen molar-refractivity contribution in [3.8, 4) is 0 Å². The normalized spacial score (nSPS) is 12.2. The van der Waals surface area contributed by atoms with Gasteiger partial charge in [-0.2, -0.15) is 0 Å². The summed E-state index contributed by atoms with van der Waals surface area (Å²) in [5.41, 5.74) is 0.500. The number of aliphatic hydroxyl groups excluding tert-OH is 1. The molecule has 1 N–H and O–H groups in total. The second-order valence-corrected chi connectivity index (χ2v) is 5.77. The molecule has 0 aliphatic carbocycles. The van der Waals surface area contributed by atoms with Gasteiger partial charge in [0.1, 0.15) is 0 Å². The standard InChI is InChI=1S/C14H12ClNO3S/c1-9(17)10-5-6-14(13(7-10)16(18)19)20-12-4-2-3-11(15)8-12/h2-9,17H,1H3/t9-/m1/s1. The zero-order valence-corrected chi connectivity index (χ0v) is 12.2. The summed E-state index contributed by atoms with van der Waals surface area (Å²) in [6.07, 6.45) is -0.737. The largest absolute Gasteiger partial charge is 0.389 e. The Morgan fingerprint density at radius 2 is 2.05 bits per heavy atom. The monoisotopic (exact) mass is 309 g/mol. The molecule has 4 nitrogen and oxygen atoms in total. The first-order valence-corrected chi connectivity index (χ1v) is 7.06. The molecule has 6 heteroatoms. The second kappa shape index (κ2) is 6.26. The first-order valence-electron chi connectivity index (χ1n) is 5.87. The first-order chi connectivity index (χ1) is 9.47. The van der Waals surface area contributed by atoms with E-state index in [4.69, 9.17) is 11.6 Å². The van der Waals surface area contributed by atoms with E-state index in [1.165, 1.54) is 17.8 Å². The van der Waals surface area contributed by atoms with Gasteiger partial charge < -0.3 is 5.11 Å². The van der Waals surface area contributed by atoms with Gasteiger partial charge in [-0.15, -0.1) is 0 Å². The van der Waals surface area contributed by atoms with E-state index in [0.29, 0.717) is 15.5 Å². The average Bonchev–Trinajstić information content (AvgIpc) is 2.38. The molecule has 104 valence electrons. The number of rotatable bonds is 4. The van der Waals surface area contributed by atoms with Crippen molar-refractivity contribution in [2.24, 2.45) is 0 Å². The van der Waals surface area contributed by atoms with Gasteiger partial charge in [0, 0.05) is 16.0 Å². The van der Waals surface area contributed by atoms with Crippen LogP contribution in [0.15, 0.2) is 52.3 Å². The van der Waals surface area contributed by atoms with Gasteiger partial charge in [-0.3, -0.25) is 10.1 Å². The van der Waals surface area contributed by atoms with E-state index in [1.807, 2.05) is 6.07 Å². The number of benzene rings is 2. The van der Waals surface area contributed by atoms with Crippen LogP contribution in [0.4, 0.5) is 5.69 Å². The molecule has 2 aromatic rings. The van der Waals surface area contributed by atoms with Gasteiger partial charge in [0.25, 0.3) is 5.69 Å². The summed E-state index contributed by atoms with van der Waals surface area (Å²) in [7, 11) is 0. The molecular formula is C14H12ClNO3S. The Balaban J connectivity index is 2.38. The predicted molar refractivity (Wildman–Crippen MR) is 79.3 cm³/mol. The maximum Gasteiger partial charge on any atom is 0.283 e. The van der Waals surface area contributed by atoms with E-state index in [0.717, 1.165) is 4.90 Å². The Hall–Kier alpha value is -1.56. The van der Waals surface area contributed by atoms with E-state index >= 15 is 0 Å². The quantitative estimate of drug-likeness (QED) is 0.669. The zero-order chi connectivity index (χ0) is 14.7. The molecule has 0 saturated carbocycles. The van der Waals surface area contributed by atoms with Crippen LogP contribution >= 0.6 is 23.4 Å². The number of aliphatic hydroxyl groups is 1. The summed E-state index contributed by atoms with van der Waals surface area (Å²) >= 11 is 7.17. The summed E-state index contributed by atoms with van der Waals surface area (Å²) in [6, 6.07) is 11.9. The Kier molecular flexibility index (Phi) is 4.65. The molecule has 0 heterocycles. The molecule has 0 amide bonds. The minimum absolute atomic E-state index is 0.0200. The van der Waals surface area contributed by atoms with Crippen LogP contribution in [0.3, 0.4) is 0 Å². The lowest BCUT2D eigenvalue weighted by molar-refractivity contribution is -0.387. The zero-order valence-electron chi connectivity index (χ0n) is 10.6. The van der Waals surface area contributed by atoms with Gasteiger partial charge in [-0.25, -0.2) is 0 Å². The van der Waals surface area contributed by atoms with E-state index in [2.05, 4.69) is 0 Å². The number of hydrogen-bond acceptors (Lipinski definition) is 4. The van der Waals surface area contributed by atoms with Crippen molar-refractivity contribution in [2.45, 2.75) is 22.8 Å². The molecule has 0 unspecified atom stereocenters. The van der Waals surface area contributed by atoms with Crippen molar-refractivity contribution < 1.29 is 10.0 Å². The van der Waals surface area contributed by atoms with Gasteiger partial charge in [0.05, 0.1) is 15.9 Å². The third-order valence-corrected chi connectivity index (χ3v) is 3.98. The Morgan fingerprint density at radius 3 is 2.65 bits per heavy atom. The third-order valence-electron chi connectivity index (χ3n) is 2.69. The lowest BCUT2D eigenvalue weighted by Crippen LogP contribution is -1.96. The fraction of sp³-hybridized carbons (Fsp3) is 0.143. The van der Waals surface area contributed by atoms with Gasteiger partial charge >= 0.3 is 0 Å². The van der Waals surface area contributed by atoms with E-state index < -0.39 is 11.0 Å². The SMILES string of the molecule is C[C@@H](O)c1ccc(Sc2cccc(Cl)c2)c([N+](=O)[O-])c1. The van der Waals surface area contributed by atoms with Crippen molar-refractivity contribution in [2.75, 3.05) is 0 Å². The molecule has 0 radical (unpaired) electrons. The van der Waals surface area contributed by atoms with Gasteiger partial charge in [-0.1, -0.05) is 35.5 Å². The van der Waals surface area contributed by atoms with Crippen molar-refractivity contribution in [3.05, 3.63) is 63.2 Å². The van der Waals surface area contributed by atoms with Crippen LogP contribution in [0.25, 0.3) is 0 Å². The lowest BCUT2D eigenvalue weighted by Gasteiger charge is -2.08. The summed E-state index contributed by atoms with van der Waals surface area (Å²) in [5, 5.41) is 21.2. The highest BCUT2D eigenvalue weighted by Crippen LogP contribution is 2.36. The van der Waals surface area contributed by atoms with Gasteiger partial charge in [-0.05, 0) is 36.8 Å². The average molecular weight is 310 g/mol. The van der Waals surface area contributed by atoms with Gasteiger partial charge in [0.2, 0.25) is 0 Å². The van der Waals surface area contributed by atoms with Crippen LogP contribution in [-0.4, -0.2) is 10.0 Å². The summed E-state index contributed by atoms with van der Waals surface area (Å²) in [4.78, 5) is 12.0. The van der Waals surface area contributed by atoms with Crippen LogP contribution in [0.2, 0.25) is 5.02 Å². The van der Waals surface area contributed by atoms with Crippen LogP contribution < -0.4 is 0 Å². The van der Waals surface area contributed by atoms with Crippen LogP contribution in [-0.2, 0) is 0 Å². The van der Waals surface area contributed by atoms with E-state index in [9.17, 15) is 15.2 Å². The van der Waals surface area contributed by atoms with E-state index in [-0.39, 0.29) is 5.69 Å². The fourth-order valence-corrected chi connectivity index (χ4v) is 2.90. The number of halogens is 1. The highest BCUT2D eigenvalue weighted by molar-refractivity contribution is 7.99. The lowest BCUT2D eigenvalue weighted by atomic mass is 10.1. The smallest absolute Gasteiger partial charge is 0.283 e. The molecule has 0 aliphatic heterocycles. The van der Waals surface area contributed by atoms with Crippen molar-refractivity contribution in [1.82, 2.24) is 0 Å². The first kappa shape index (κ1) is 14.8. The molecule has 0 spiro atoms. The topological polar surface area (TPSA) is 63.4 Å². The molecule has 0 bridgehead atoms. The molecule has 0 aromatic heterocycles. The Labute approximate surface area is 125 Å². The van der Waals surface area contributed by atoms with Crippen molar-refractivity contribution in [3.63, 3.8) is 0 Å². The molecule has 2 rings (SSSR count). The van der Waals surface area contributed by atoms with Gasteiger partial charge in [0.15, 0.2) is 0 Å². The third kappa shape index (κ3) is 3.50. The highest BCUT2D eigenvalue weighted by Gasteiger charge is 2.17. The molecule has 0 saturated heterocycles. The molecule has 1 atom stereocenters. The Morgan fingerprint density at radius 1 is 1.30 bits per heavy atom. The molecule has 2 aromatic carbocycles. The number of nitrogens with zero attached hydrogens (tertiary/aromatic N) is 1. The number of hydrogen-bond donors (Lipinski definition) is 1. The summed E-state index contributed by atoms with van der Waals surface area (Å²) in [5.74, 6) is 0. The maximum atomic E-state index is 11.1. The molecule has 20 heavy (non-hydrogen) atoms. The molecule has 0 fully saturated rings. The summed E-state index contributed by atoms with van der Waals surface area (Å²) < 4.78 is 0. The molecule has 0 aliphatic rings. The minimum atomic E-state index is -0.737. The van der Waals surface area contributed by atoms with Crippen LogP contribution in [0.1, 0.15) is 18.6 Å². The van der Waals surface area contributed by atoms with Crippen LogP contribution in [0.5, 0.6) is 0 Å². The fourth-order valence-electron chi connectivity index (χ4n) is 1.68. The van der Waals surface area contributed by atoms with Crippen molar-refractivity contribution >= 4 is 29.1 Å². The van der Waals surface area contributed by atoms with E-state index in [1.54, 1.807) is 37.3 Å². The second-order valence-electron chi connectivity index (χ2n) is 4.22. The minimum Gasteiger partial charge on any atom is -0.389 e. The maximum absolute atomic E-state index is 11.1. The summed E-state index contributed by atoms with van der Waals surface area (Å²) in [6.45, 7) is 1.57. The molecular weight excluding hydrogens is 298 g/mol. The van der Waals surface area contributed by atoms with Crippen LogP contribution in [0, 0.1) is 10.1 Å².